The minimum absolute atomic E-state index is 0.206. The van der Waals surface area contributed by atoms with E-state index in [4.69, 9.17) is 14.7 Å². The maximum absolute atomic E-state index is 12.3. The van der Waals surface area contributed by atoms with Crippen molar-refractivity contribution in [2.24, 2.45) is 0 Å². The molecule has 6 nitrogen and oxygen atoms in total. The van der Waals surface area contributed by atoms with E-state index in [1.165, 1.54) is 0 Å². The molecule has 0 spiro atoms. The van der Waals surface area contributed by atoms with Crippen LogP contribution in [0.25, 0.3) is 0 Å². The Hall–Kier alpha value is -3.20. The minimum Gasteiger partial charge on any atom is -0.493 e. The third-order valence-electron chi connectivity index (χ3n) is 3.50. The number of amides is 1. The average molecular weight is 339 g/mol. The van der Waals surface area contributed by atoms with Gasteiger partial charge in [0.25, 0.3) is 0 Å². The van der Waals surface area contributed by atoms with Crippen LogP contribution in [0.3, 0.4) is 0 Å². The molecule has 0 saturated heterocycles. The normalized spacial score (nSPS) is 11.1. The highest BCUT2D eigenvalue weighted by atomic mass is 16.5. The van der Waals surface area contributed by atoms with Crippen molar-refractivity contribution in [3.8, 4) is 17.6 Å². The predicted molar refractivity (Wildman–Crippen MR) is 97.0 cm³/mol. The molecular weight excluding hydrogens is 318 g/mol. The highest BCUT2D eigenvalue weighted by Gasteiger charge is 2.14. The summed E-state index contributed by atoms with van der Waals surface area (Å²) in [4.78, 5) is 12.3. The van der Waals surface area contributed by atoms with E-state index in [0.717, 1.165) is 5.69 Å². The van der Waals surface area contributed by atoms with Crippen LogP contribution >= 0.6 is 0 Å². The van der Waals surface area contributed by atoms with Gasteiger partial charge in [-0.1, -0.05) is 6.07 Å². The Morgan fingerprint density at radius 2 is 2.00 bits per heavy atom. The Kier molecular flexibility index (Phi) is 6.24. The van der Waals surface area contributed by atoms with E-state index in [1.54, 1.807) is 50.4 Å². The summed E-state index contributed by atoms with van der Waals surface area (Å²) >= 11 is 0. The van der Waals surface area contributed by atoms with Gasteiger partial charge >= 0.3 is 0 Å². The second-order valence-corrected chi connectivity index (χ2v) is 5.35. The smallest absolute Gasteiger partial charge is 0.246 e. The molecular formula is C19H21N3O3. The fraction of sp³-hybridized carbons (Fsp3) is 0.263. The summed E-state index contributed by atoms with van der Waals surface area (Å²) in [5, 5.41) is 14.8. The number of nitrogens with zero attached hydrogens (tertiary/aromatic N) is 1. The fourth-order valence-electron chi connectivity index (χ4n) is 2.26. The highest BCUT2D eigenvalue weighted by Crippen LogP contribution is 2.30. The zero-order chi connectivity index (χ0) is 18.2. The first-order valence-electron chi connectivity index (χ1n) is 7.95. The molecule has 0 radical (unpaired) electrons. The Balaban J connectivity index is 2.04. The Morgan fingerprint density at radius 1 is 1.20 bits per heavy atom. The van der Waals surface area contributed by atoms with Crippen LogP contribution in [-0.4, -0.2) is 25.7 Å². The van der Waals surface area contributed by atoms with Gasteiger partial charge < -0.3 is 20.1 Å². The summed E-state index contributed by atoms with van der Waals surface area (Å²) in [6.45, 7) is 4.20. The lowest BCUT2D eigenvalue weighted by Crippen LogP contribution is -2.31. The molecule has 1 amide bonds. The zero-order valence-electron chi connectivity index (χ0n) is 14.5. The molecule has 0 unspecified atom stereocenters. The first kappa shape index (κ1) is 18.1. The van der Waals surface area contributed by atoms with Crippen LogP contribution in [-0.2, 0) is 4.79 Å². The Labute approximate surface area is 147 Å². The van der Waals surface area contributed by atoms with Gasteiger partial charge in [0.1, 0.15) is 6.04 Å². The zero-order valence-corrected chi connectivity index (χ0v) is 14.5. The number of ether oxygens (including phenoxy) is 2. The Morgan fingerprint density at radius 3 is 2.68 bits per heavy atom. The molecule has 0 aliphatic rings. The number of nitrogens with one attached hydrogen (secondary N) is 2. The Bertz CT molecular complexity index is 784. The van der Waals surface area contributed by atoms with Crippen LogP contribution in [0.5, 0.6) is 11.5 Å². The maximum atomic E-state index is 12.3. The van der Waals surface area contributed by atoms with E-state index in [1.807, 2.05) is 19.1 Å². The monoisotopic (exact) mass is 339 g/mol. The quantitative estimate of drug-likeness (QED) is 0.808. The van der Waals surface area contributed by atoms with Crippen molar-refractivity contribution in [2.75, 3.05) is 24.4 Å². The third kappa shape index (κ3) is 4.88. The topological polar surface area (TPSA) is 83.4 Å². The van der Waals surface area contributed by atoms with E-state index in [2.05, 4.69) is 10.6 Å². The highest BCUT2D eigenvalue weighted by molar-refractivity contribution is 5.96. The van der Waals surface area contributed by atoms with Gasteiger partial charge in [-0.05, 0) is 44.2 Å². The van der Waals surface area contributed by atoms with Gasteiger partial charge in [0.2, 0.25) is 5.91 Å². The number of rotatable bonds is 7. The van der Waals surface area contributed by atoms with E-state index in [-0.39, 0.29) is 5.91 Å². The first-order valence-corrected chi connectivity index (χ1v) is 7.95. The van der Waals surface area contributed by atoms with Crippen molar-refractivity contribution < 1.29 is 14.3 Å². The predicted octanol–water partition coefficient (Wildman–Crippen LogP) is 3.40. The number of nitriles is 1. The van der Waals surface area contributed by atoms with Crippen molar-refractivity contribution in [3.05, 3.63) is 48.0 Å². The largest absolute Gasteiger partial charge is 0.493 e. The molecule has 0 saturated carbocycles. The standard InChI is InChI=1S/C19H21N3O3/c1-4-25-17-9-8-16(11-18(17)24-3)21-13(2)19(23)22-15-7-5-6-14(10-15)12-20/h5-11,13,21H,4H2,1-3H3,(H,22,23)/t13-/m0/s1. The van der Waals surface area contributed by atoms with Crippen LogP contribution in [0, 0.1) is 11.3 Å². The molecule has 2 aromatic rings. The van der Waals surface area contributed by atoms with Crippen LogP contribution in [0.15, 0.2) is 42.5 Å². The average Bonchev–Trinajstić information content (AvgIpc) is 2.63. The molecule has 0 heterocycles. The van der Waals surface area contributed by atoms with Gasteiger partial charge in [-0.3, -0.25) is 4.79 Å². The number of benzene rings is 2. The minimum atomic E-state index is -0.478. The van der Waals surface area contributed by atoms with Gasteiger partial charge in [-0.2, -0.15) is 5.26 Å². The number of methoxy groups -OCH3 is 1. The molecule has 25 heavy (non-hydrogen) atoms. The number of anilines is 2. The fourth-order valence-corrected chi connectivity index (χ4v) is 2.26. The van der Waals surface area contributed by atoms with E-state index in [9.17, 15) is 4.79 Å². The molecule has 2 rings (SSSR count). The molecule has 1 atom stereocenters. The summed E-state index contributed by atoms with van der Waals surface area (Å²) in [6, 6.07) is 13.8. The van der Waals surface area contributed by atoms with Crippen molar-refractivity contribution in [3.63, 3.8) is 0 Å². The molecule has 130 valence electrons. The SMILES string of the molecule is CCOc1ccc(N[C@@H](C)C(=O)Nc2cccc(C#N)c2)cc1OC. The number of carbonyl (C=O) groups is 1. The molecule has 6 heteroatoms. The van der Waals surface area contributed by atoms with Crippen molar-refractivity contribution in [2.45, 2.75) is 19.9 Å². The summed E-state index contributed by atoms with van der Waals surface area (Å²) in [7, 11) is 1.57. The van der Waals surface area contributed by atoms with Gasteiger partial charge in [0.05, 0.1) is 25.3 Å². The summed E-state index contributed by atoms with van der Waals surface area (Å²) < 4.78 is 10.8. The van der Waals surface area contributed by atoms with Crippen molar-refractivity contribution in [1.82, 2.24) is 0 Å². The van der Waals surface area contributed by atoms with Crippen LogP contribution < -0.4 is 20.1 Å². The van der Waals surface area contributed by atoms with Gasteiger partial charge in [0.15, 0.2) is 11.5 Å². The van der Waals surface area contributed by atoms with E-state index < -0.39 is 6.04 Å². The molecule has 0 aromatic heterocycles. The van der Waals surface area contributed by atoms with Gasteiger partial charge in [-0.15, -0.1) is 0 Å². The number of carbonyl (C=O) groups excluding carboxylic acids is 1. The molecule has 0 aliphatic heterocycles. The first-order chi connectivity index (χ1) is 12.1. The number of hydrogen-bond acceptors (Lipinski definition) is 5. The number of hydrogen-bond donors (Lipinski definition) is 2. The van der Waals surface area contributed by atoms with Gasteiger partial charge in [0, 0.05) is 17.4 Å². The summed E-state index contributed by atoms with van der Waals surface area (Å²) in [5.74, 6) is 1.05. The summed E-state index contributed by atoms with van der Waals surface area (Å²) in [5.41, 5.74) is 1.82. The lowest BCUT2D eigenvalue weighted by atomic mass is 10.2. The second kappa shape index (κ2) is 8.60. The third-order valence-corrected chi connectivity index (χ3v) is 3.50. The van der Waals surface area contributed by atoms with Crippen LogP contribution in [0.4, 0.5) is 11.4 Å². The maximum Gasteiger partial charge on any atom is 0.246 e. The van der Waals surface area contributed by atoms with Crippen LogP contribution in [0.2, 0.25) is 0 Å². The molecule has 0 bridgehead atoms. The van der Waals surface area contributed by atoms with E-state index >= 15 is 0 Å². The van der Waals surface area contributed by atoms with Gasteiger partial charge in [-0.25, -0.2) is 0 Å². The van der Waals surface area contributed by atoms with Crippen LogP contribution in [0.1, 0.15) is 19.4 Å². The molecule has 2 aromatic carbocycles. The second-order valence-electron chi connectivity index (χ2n) is 5.35. The molecule has 0 aliphatic carbocycles. The van der Waals surface area contributed by atoms with Crippen molar-refractivity contribution >= 4 is 17.3 Å². The molecule has 2 N–H and O–H groups in total. The summed E-state index contributed by atoms with van der Waals surface area (Å²) in [6.07, 6.45) is 0. The van der Waals surface area contributed by atoms with E-state index in [0.29, 0.717) is 29.4 Å². The molecule has 0 fully saturated rings. The lowest BCUT2D eigenvalue weighted by molar-refractivity contribution is -0.116. The van der Waals surface area contributed by atoms with Crippen molar-refractivity contribution in [1.29, 1.82) is 5.26 Å². The lowest BCUT2D eigenvalue weighted by Gasteiger charge is -2.17.